The number of non-ortho nitro benzene ring substituents is 1. The molecule has 28 heavy (non-hydrogen) atoms. The quantitative estimate of drug-likeness (QED) is 0.334. The molecule has 0 aliphatic heterocycles. The Hall–Kier alpha value is -2.82. The van der Waals surface area contributed by atoms with Crippen LogP contribution in [0.3, 0.4) is 0 Å². The lowest BCUT2D eigenvalue weighted by Gasteiger charge is -2.06. The number of nitro benzene ring substituents is 1. The topological polar surface area (TPSA) is 111 Å². The summed E-state index contributed by atoms with van der Waals surface area (Å²) in [6, 6.07) is 6.97. The Bertz CT molecular complexity index is 1060. The van der Waals surface area contributed by atoms with E-state index in [1.165, 1.54) is 28.7 Å². The summed E-state index contributed by atoms with van der Waals surface area (Å²) in [6.45, 7) is 1.72. The van der Waals surface area contributed by atoms with Gasteiger partial charge in [0.1, 0.15) is 0 Å². The smallest absolute Gasteiger partial charge is 0.338 e. The number of esters is 1. The molecule has 144 valence electrons. The molecule has 8 nitrogen and oxygen atoms in total. The van der Waals surface area contributed by atoms with Crippen molar-refractivity contribution in [1.82, 2.24) is 4.98 Å². The monoisotopic (exact) mass is 437 g/mol. The first-order valence-corrected chi connectivity index (χ1v) is 9.94. The van der Waals surface area contributed by atoms with Gasteiger partial charge in [-0.2, -0.15) is 0 Å². The summed E-state index contributed by atoms with van der Waals surface area (Å²) in [5, 5.41) is 15.8. The second kappa shape index (κ2) is 8.46. The van der Waals surface area contributed by atoms with Crippen LogP contribution < -0.4 is 5.32 Å². The fraction of sp³-hybridized carbons (Fsp3) is 0.118. The van der Waals surface area contributed by atoms with E-state index in [2.05, 4.69) is 10.3 Å². The van der Waals surface area contributed by atoms with Crippen LogP contribution in [0.25, 0.3) is 10.6 Å². The van der Waals surface area contributed by atoms with Gasteiger partial charge in [0.2, 0.25) is 0 Å². The molecule has 1 aromatic carbocycles. The Morgan fingerprint density at radius 2 is 2.04 bits per heavy atom. The number of ether oxygens (including phenoxy) is 1. The third-order valence-corrected chi connectivity index (χ3v) is 5.46. The number of amides is 1. The van der Waals surface area contributed by atoms with E-state index in [0.717, 1.165) is 17.0 Å². The van der Waals surface area contributed by atoms with Gasteiger partial charge in [0.15, 0.2) is 5.13 Å². The molecule has 0 unspecified atom stereocenters. The summed E-state index contributed by atoms with van der Waals surface area (Å²) in [5.41, 5.74) is 0.148. The minimum absolute atomic E-state index is 0.0480. The molecule has 0 atom stereocenters. The van der Waals surface area contributed by atoms with Crippen molar-refractivity contribution in [2.45, 2.75) is 6.92 Å². The third-order valence-electron chi connectivity index (χ3n) is 3.45. The van der Waals surface area contributed by atoms with E-state index >= 15 is 0 Å². The van der Waals surface area contributed by atoms with E-state index in [0.29, 0.717) is 15.2 Å². The fourth-order valence-electron chi connectivity index (χ4n) is 2.25. The van der Waals surface area contributed by atoms with Crippen LogP contribution >= 0.6 is 34.3 Å². The standard InChI is InChI=1S/C17H12ClN3O5S2/c1-2-26-16(23)10-5-9(6-11(7-10)21(24)25)15(22)20-17-19-12(8-27-17)13-3-4-14(18)28-13/h3-8H,2H2,1H3,(H,19,20,22). The lowest BCUT2D eigenvalue weighted by Crippen LogP contribution is -2.14. The van der Waals surface area contributed by atoms with Gasteiger partial charge in [-0.25, -0.2) is 9.78 Å². The number of hydrogen-bond acceptors (Lipinski definition) is 8. The number of thiophene rings is 1. The Kier molecular flexibility index (Phi) is 6.02. The molecule has 2 heterocycles. The van der Waals surface area contributed by atoms with Crippen molar-refractivity contribution in [3.63, 3.8) is 0 Å². The summed E-state index contributed by atoms with van der Waals surface area (Å²) in [7, 11) is 0. The van der Waals surface area contributed by atoms with Crippen LogP contribution in [0.4, 0.5) is 10.8 Å². The summed E-state index contributed by atoms with van der Waals surface area (Å²) < 4.78 is 5.48. The van der Waals surface area contributed by atoms with Gasteiger partial charge in [-0.3, -0.25) is 20.2 Å². The van der Waals surface area contributed by atoms with Gasteiger partial charge in [0, 0.05) is 23.1 Å². The van der Waals surface area contributed by atoms with Crippen molar-refractivity contribution in [2.75, 3.05) is 11.9 Å². The van der Waals surface area contributed by atoms with Crippen LogP contribution in [-0.4, -0.2) is 28.4 Å². The molecule has 0 radical (unpaired) electrons. The van der Waals surface area contributed by atoms with Crippen LogP contribution in [0, 0.1) is 10.1 Å². The zero-order valence-corrected chi connectivity index (χ0v) is 16.7. The third kappa shape index (κ3) is 4.53. The molecule has 11 heteroatoms. The number of anilines is 1. The number of carbonyl (C=O) groups excluding carboxylic acids is 2. The van der Waals surface area contributed by atoms with Gasteiger partial charge in [-0.05, 0) is 25.1 Å². The van der Waals surface area contributed by atoms with Crippen molar-refractivity contribution < 1.29 is 19.2 Å². The predicted molar refractivity (Wildman–Crippen MR) is 107 cm³/mol. The molecule has 0 spiro atoms. The number of thiazole rings is 1. The number of aromatic nitrogens is 1. The zero-order chi connectivity index (χ0) is 20.3. The average Bonchev–Trinajstić information content (AvgIpc) is 3.30. The first-order valence-electron chi connectivity index (χ1n) is 7.86. The van der Waals surface area contributed by atoms with E-state index in [1.807, 2.05) is 6.07 Å². The van der Waals surface area contributed by atoms with Gasteiger partial charge in [0.25, 0.3) is 11.6 Å². The lowest BCUT2D eigenvalue weighted by molar-refractivity contribution is -0.384. The van der Waals surface area contributed by atoms with E-state index in [-0.39, 0.29) is 23.4 Å². The fourth-order valence-corrected chi connectivity index (χ4v) is 4.03. The number of nitro groups is 1. The SMILES string of the molecule is CCOC(=O)c1cc(C(=O)Nc2nc(-c3ccc(Cl)s3)cs2)cc([N+](=O)[O-])c1. The number of carbonyl (C=O) groups is 2. The Morgan fingerprint density at radius 3 is 2.68 bits per heavy atom. The average molecular weight is 438 g/mol. The van der Waals surface area contributed by atoms with E-state index in [4.69, 9.17) is 16.3 Å². The number of hydrogen-bond donors (Lipinski definition) is 1. The van der Waals surface area contributed by atoms with Gasteiger partial charge in [0.05, 0.1) is 32.0 Å². The van der Waals surface area contributed by atoms with Crippen molar-refractivity contribution in [2.24, 2.45) is 0 Å². The van der Waals surface area contributed by atoms with Crippen LogP contribution in [0.5, 0.6) is 0 Å². The van der Waals surface area contributed by atoms with E-state index in [1.54, 1.807) is 18.4 Å². The maximum Gasteiger partial charge on any atom is 0.338 e. The molecule has 3 aromatic rings. The van der Waals surface area contributed by atoms with Gasteiger partial charge in [-0.1, -0.05) is 11.6 Å². The first kappa shape index (κ1) is 19.9. The first-order chi connectivity index (χ1) is 13.4. The van der Waals surface area contributed by atoms with Crippen LogP contribution in [0.15, 0.2) is 35.7 Å². The normalized spacial score (nSPS) is 10.5. The van der Waals surface area contributed by atoms with Crippen molar-refractivity contribution in [1.29, 1.82) is 0 Å². The minimum atomic E-state index is -0.744. The van der Waals surface area contributed by atoms with Crippen LogP contribution in [0.2, 0.25) is 4.34 Å². The molecule has 0 aliphatic rings. The molecule has 3 rings (SSSR count). The number of halogens is 1. The summed E-state index contributed by atoms with van der Waals surface area (Å²) >= 11 is 8.47. The molecule has 0 saturated heterocycles. The predicted octanol–water partition coefficient (Wildman–Crippen LogP) is 4.86. The highest BCUT2D eigenvalue weighted by atomic mass is 35.5. The molecule has 2 aromatic heterocycles. The van der Waals surface area contributed by atoms with Gasteiger partial charge < -0.3 is 4.74 Å². The molecule has 0 aliphatic carbocycles. The zero-order valence-electron chi connectivity index (χ0n) is 14.3. The van der Waals surface area contributed by atoms with Crippen molar-refractivity contribution in [3.8, 4) is 10.6 Å². The number of rotatable bonds is 6. The highest BCUT2D eigenvalue weighted by Crippen LogP contribution is 2.33. The van der Waals surface area contributed by atoms with Crippen LogP contribution in [-0.2, 0) is 4.74 Å². The summed E-state index contributed by atoms with van der Waals surface area (Å²) in [5.74, 6) is -1.37. The molecular formula is C17H12ClN3O5S2. The van der Waals surface area contributed by atoms with Crippen molar-refractivity contribution in [3.05, 3.63) is 61.3 Å². The summed E-state index contributed by atoms with van der Waals surface area (Å²) in [6.07, 6.45) is 0. The molecule has 0 fully saturated rings. The maximum absolute atomic E-state index is 12.5. The highest BCUT2D eigenvalue weighted by molar-refractivity contribution is 7.20. The second-order valence-electron chi connectivity index (χ2n) is 5.34. The van der Waals surface area contributed by atoms with Gasteiger partial charge >= 0.3 is 5.97 Å². The second-order valence-corrected chi connectivity index (χ2v) is 7.92. The van der Waals surface area contributed by atoms with Crippen molar-refractivity contribution >= 4 is 57.0 Å². The van der Waals surface area contributed by atoms with Crippen LogP contribution in [0.1, 0.15) is 27.6 Å². The number of nitrogens with zero attached hydrogens (tertiary/aromatic N) is 2. The van der Waals surface area contributed by atoms with E-state index in [9.17, 15) is 19.7 Å². The molecular weight excluding hydrogens is 426 g/mol. The minimum Gasteiger partial charge on any atom is -0.462 e. The summed E-state index contributed by atoms with van der Waals surface area (Å²) in [4.78, 5) is 40.1. The molecule has 0 bridgehead atoms. The Balaban J connectivity index is 1.84. The Morgan fingerprint density at radius 1 is 1.29 bits per heavy atom. The largest absolute Gasteiger partial charge is 0.462 e. The van der Waals surface area contributed by atoms with E-state index < -0.39 is 16.8 Å². The molecule has 1 amide bonds. The Labute approximate surface area is 171 Å². The molecule has 1 N–H and O–H groups in total. The molecule has 0 saturated carbocycles. The number of nitrogens with one attached hydrogen (secondary N) is 1. The highest BCUT2D eigenvalue weighted by Gasteiger charge is 2.19. The maximum atomic E-state index is 12.5. The number of benzene rings is 1. The lowest BCUT2D eigenvalue weighted by atomic mass is 10.1. The van der Waals surface area contributed by atoms with Gasteiger partial charge in [-0.15, -0.1) is 22.7 Å².